The van der Waals surface area contributed by atoms with Gasteiger partial charge in [-0.1, -0.05) is 96.0 Å². The number of benzene rings is 2. The molecule has 4 rings (SSSR count). The zero-order valence-corrected chi connectivity index (χ0v) is 16.6. The third-order valence-corrected chi connectivity index (χ3v) is 5.18. The van der Waals surface area contributed by atoms with Crippen molar-refractivity contribution < 1.29 is 0 Å². The number of nitrogens with zero attached hydrogens (tertiary/aromatic N) is 2. The summed E-state index contributed by atoms with van der Waals surface area (Å²) in [4.78, 5) is 9.30. The van der Waals surface area contributed by atoms with Crippen molar-refractivity contribution in [2.45, 2.75) is 11.8 Å². The number of rotatable bonds is 5. The Kier molecular flexibility index (Phi) is 5.70. The Morgan fingerprint density at radius 3 is 1.21 bits per heavy atom. The maximum absolute atomic E-state index is 6.25. The Balaban J connectivity index is 1.96. The van der Waals surface area contributed by atoms with Crippen molar-refractivity contribution in [1.82, 2.24) is 9.97 Å². The largest absolute Gasteiger partial charge is 0.240 e. The summed E-state index contributed by atoms with van der Waals surface area (Å²) in [5, 5.41) is 0.952. The second-order valence-electron chi connectivity index (χ2n) is 6.55. The van der Waals surface area contributed by atoms with E-state index in [1.165, 1.54) is 0 Å². The zero-order chi connectivity index (χ0) is 19.3. The maximum atomic E-state index is 6.25. The maximum Gasteiger partial charge on any atom is 0.129 e. The highest BCUT2D eigenvalue weighted by atomic mass is 35.5. The number of halogens is 2. The Hall–Kier alpha value is -2.68. The van der Waals surface area contributed by atoms with Gasteiger partial charge in [-0.25, -0.2) is 9.97 Å². The van der Waals surface area contributed by atoms with Gasteiger partial charge < -0.3 is 0 Å². The molecule has 28 heavy (non-hydrogen) atoms. The molecule has 2 nitrogen and oxygen atoms in total. The average Bonchev–Trinajstić information content (AvgIpc) is 2.73. The molecule has 0 saturated heterocycles. The zero-order valence-electron chi connectivity index (χ0n) is 15.0. The molecule has 4 aromatic rings. The molecule has 138 valence electrons. The first-order valence-corrected chi connectivity index (χ1v) is 9.83. The third-order valence-electron chi connectivity index (χ3n) is 4.76. The molecule has 0 bridgehead atoms. The van der Waals surface area contributed by atoms with Crippen LogP contribution in [-0.2, 0) is 0 Å². The van der Waals surface area contributed by atoms with Crippen LogP contribution in [0.5, 0.6) is 0 Å². The summed E-state index contributed by atoms with van der Waals surface area (Å²) in [5.74, 6) is -0.124. The summed E-state index contributed by atoms with van der Waals surface area (Å²) in [6, 6.07) is 32.2. The van der Waals surface area contributed by atoms with Crippen LogP contribution in [0.2, 0.25) is 10.3 Å². The minimum Gasteiger partial charge on any atom is -0.240 e. The second kappa shape index (κ2) is 8.55. The Bertz CT molecular complexity index is 965. The Labute approximate surface area is 174 Å². The fourth-order valence-corrected chi connectivity index (χ4v) is 3.92. The van der Waals surface area contributed by atoms with Crippen LogP contribution >= 0.6 is 23.2 Å². The lowest BCUT2D eigenvalue weighted by Crippen LogP contribution is -2.17. The van der Waals surface area contributed by atoms with Crippen molar-refractivity contribution in [1.29, 1.82) is 0 Å². The van der Waals surface area contributed by atoms with Crippen LogP contribution in [0.4, 0.5) is 0 Å². The molecule has 0 spiro atoms. The van der Waals surface area contributed by atoms with E-state index in [0.717, 1.165) is 22.5 Å². The Morgan fingerprint density at radius 2 is 0.857 bits per heavy atom. The molecule has 2 aromatic heterocycles. The van der Waals surface area contributed by atoms with E-state index in [4.69, 9.17) is 23.2 Å². The number of aromatic nitrogens is 2. The van der Waals surface area contributed by atoms with Gasteiger partial charge in [0.25, 0.3) is 0 Å². The first kappa shape index (κ1) is 18.7. The molecule has 2 atom stereocenters. The van der Waals surface area contributed by atoms with Crippen LogP contribution in [0, 0.1) is 0 Å². The highest BCUT2D eigenvalue weighted by molar-refractivity contribution is 6.29. The monoisotopic (exact) mass is 404 g/mol. The lowest BCUT2D eigenvalue weighted by atomic mass is 9.77. The fraction of sp³-hybridized carbons (Fsp3) is 0.0833. The highest BCUT2D eigenvalue weighted by Gasteiger charge is 2.30. The number of hydrogen-bond acceptors (Lipinski definition) is 2. The van der Waals surface area contributed by atoms with E-state index in [0.29, 0.717) is 10.3 Å². The molecular weight excluding hydrogens is 387 g/mol. The first-order chi connectivity index (χ1) is 13.7. The van der Waals surface area contributed by atoms with Crippen LogP contribution < -0.4 is 0 Å². The van der Waals surface area contributed by atoms with Gasteiger partial charge in [0.1, 0.15) is 10.3 Å². The van der Waals surface area contributed by atoms with Gasteiger partial charge in [-0.2, -0.15) is 0 Å². The molecule has 2 aromatic carbocycles. The summed E-state index contributed by atoms with van der Waals surface area (Å²) >= 11 is 12.5. The number of hydrogen-bond donors (Lipinski definition) is 0. The van der Waals surface area contributed by atoms with Crippen LogP contribution in [-0.4, -0.2) is 9.97 Å². The molecule has 2 heterocycles. The minimum atomic E-state index is -0.0618. The predicted molar refractivity (Wildman–Crippen MR) is 115 cm³/mol. The normalized spacial score (nSPS) is 13.1. The molecule has 0 N–H and O–H groups in total. The summed E-state index contributed by atoms with van der Waals surface area (Å²) in [7, 11) is 0. The van der Waals surface area contributed by atoms with Crippen molar-refractivity contribution in [2.75, 3.05) is 0 Å². The Morgan fingerprint density at radius 1 is 0.464 bits per heavy atom. The van der Waals surface area contributed by atoms with E-state index in [9.17, 15) is 0 Å². The molecule has 0 unspecified atom stereocenters. The number of pyridine rings is 2. The third kappa shape index (κ3) is 4.09. The van der Waals surface area contributed by atoms with Crippen molar-refractivity contribution in [3.05, 3.63) is 130 Å². The van der Waals surface area contributed by atoms with Crippen molar-refractivity contribution in [3.8, 4) is 0 Å². The van der Waals surface area contributed by atoms with Gasteiger partial charge in [0, 0.05) is 11.8 Å². The molecule has 4 heteroatoms. The molecule has 0 saturated carbocycles. The molecule has 0 aliphatic heterocycles. The summed E-state index contributed by atoms with van der Waals surface area (Å²) < 4.78 is 0. The molecule has 0 radical (unpaired) electrons. The SMILES string of the molecule is Clc1cccc([C@H](c2ccccc2)[C@@H](c2ccccc2)c2cccc(Cl)n2)n1. The molecule has 0 amide bonds. The average molecular weight is 405 g/mol. The van der Waals surface area contributed by atoms with Crippen molar-refractivity contribution in [3.63, 3.8) is 0 Å². The van der Waals surface area contributed by atoms with E-state index in [-0.39, 0.29) is 11.8 Å². The van der Waals surface area contributed by atoms with Gasteiger partial charge in [0.2, 0.25) is 0 Å². The van der Waals surface area contributed by atoms with E-state index in [2.05, 4.69) is 34.2 Å². The van der Waals surface area contributed by atoms with Crippen LogP contribution in [0.25, 0.3) is 0 Å². The standard InChI is InChI=1S/C24H18Cl2N2/c25-21-15-7-13-19(27-21)23(17-9-3-1-4-10-17)24(18-11-5-2-6-12-18)20-14-8-16-22(26)28-20/h1-16,23-24H/t23-,24-/m0/s1. The lowest BCUT2D eigenvalue weighted by Gasteiger charge is -2.28. The highest BCUT2D eigenvalue weighted by Crippen LogP contribution is 2.42. The first-order valence-electron chi connectivity index (χ1n) is 9.07. The van der Waals surface area contributed by atoms with Crippen molar-refractivity contribution >= 4 is 23.2 Å². The van der Waals surface area contributed by atoms with E-state index in [1.54, 1.807) is 12.1 Å². The summed E-state index contributed by atoms with van der Waals surface area (Å²) in [6.07, 6.45) is 0. The fourth-order valence-electron chi connectivity index (χ4n) is 3.58. The predicted octanol–water partition coefficient (Wildman–Crippen LogP) is 6.75. The van der Waals surface area contributed by atoms with E-state index < -0.39 is 0 Å². The van der Waals surface area contributed by atoms with Gasteiger partial charge in [0.15, 0.2) is 0 Å². The van der Waals surface area contributed by atoms with E-state index in [1.807, 2.05) is 60.7 Å². The van der Waals surface area contributed by atoms with Crippen LogP contribution in [0.15, 0.2) is 97.1 Å². The molecular formula is C24H18Cl2N2. The quantitative estimate of drug-likeness (QED) is 0.343. The van der Waals surface area contributed by atoms with Gasteiger partial charge in [-0.05, 0) is 35.4 Å². The van der Waals surface area contributed by atoms with E-state index >= 15 is 0 Å². The topological polar surface area (TPSA) is 25.8 Å². The van der Waals surface area contributed by atoms with Gasteiger partial charge >= 0.3 is 0 Å². The molecule has 0 fully saturated rings. The van der Waals surface area contributed by atoms with Crippen LogP contribution in [0.3, 0.4) is 0 Å². The van der Waals surface area contributed by atoms with Crippen LogP contribution in [0.1, 0.15) is 34.4 Å². The van der Waals surface area contributed by atoms with Gasteiger partial charge in [0.05, 0.1) is 11.4 Å². The summed E-state index contributed by atoms with van der Waals surface area (Å²) in [6.45, 7) is 0. The molecule has 0 aliphatic rings. The van der Waals surface area contributed by atoms with Crippen molar-refractivity contribution in [2.24, 2.45) is 0 Å². The lowest BCUT2D eigenvalue weighted by molar-refractivity contribution is 0.658. The second-order valence-corrected chi connectivity index (χ2v) is 7.32. The smallest absolute Gasteiger partial charge is 0.129 e. The van der Waals surface area contributed by atoms with Gasteiger partial charge in [-0.15, -0.1) is 0 Å². The van der Waals surface area contributed by atoms with Gasteiger partial charge in [-0.3, -0.25) is 0 Å². The minimum absolute atomic E-state index is 0.0618. The summed E-state index contributed by atoms with van der Waals surface area (Å²) in [5.41, 5.74) is 4.09. The molecule has 0 aliphatic carbocycles.